The Labute approximate surface area is 117 Å². The normalized spacial score (nSPS) is 13.1. The molecule has 1 amide bonds. The molecular formula is C17H16FNO. The molecule has 0 bridgehead atoms. The fraction of sp³-hybridized carbons (Fsp3) is 0.235. The van der Waals surface area contributed by atoms with E-state index in [0.717, 1.165) is 24.8 Å². The fourth-order valence-corrected chi connectivity index (χ4v) is 2.64. The molecule has 0 aliphatic heterocycles. The highest BCUT2D eigenvalue weighted by atomic mass is 19.1. The largest absolute Gasteiger partial charge is 0.322 e. The molecule has 1 N–H and O–H groups in total. The molecule has 0 aromatic heterocycles. The average molecular weight is 269 g/mol. The molecular weight excluding hydrogens is 253 g/mol. The number of aryl methyl sites for hydroxylation is 3. The van der Waals surface area contributed by atoms with Crippen LogP contribution in [0.1, 0.15) is 33.5 Å². The second kappa shape index (κ2) is 5.08. The van der Waals surface area contributed by atoms with Crippen LogP contribution in [0, 0.1) is 12.7 Å². The highest BCUT2D eigenvalue weighted by Crippen LogP contribution is 2.24. The van der Waals surface area contributed by atoms with Crippen LogP contribution >= 0.6 is 0 Å². The maximum absolute atomic E-state index is 13.2. The first-order valence-electron chi connectivity index (χ1n) is 6.83. The Hall–Kier alpha value is -2.16. The lowest BCUT2D eigenvalue weighted by molar-refractivity contribution is 0.102. The van der Waals surface area contributed by atoms with Gasteiger partial charge in [-0.2, -0.15) is 0 Å². The third kappa shape index (κ3) is 2.44. The minimum Gasteiger partial charge on any atom is -0.322 e. The van der Waals surface area contributed by atoms with Crippen LogP contribution in [-0.2, 0) is 12.8 Å². The molecule has 0 heterocycles. The number of hydrogen-bond acceptors (Lipinski definition) is 1. The van der Waals surface area contributed by atoms with Crippen molar-refractivity contribution in [1.82, 2.24) is 0 Å². The SMILES string of the molecule is Cc1ccc(F)cc1NC(=O)c1ccc2c(c1)CCC2. The number of fused-ring (bicyclic) bond motifs is 1. The number of carbonyl (C=O) groups excluding carboxylic acids is 1. The summed E-state index contributed by atoms with van der Waals surface area (Å²) in [6.07, 6.45) is 3.29. The molecule has 0 fully saturated rings. The number of rotatable bonds is 2. The van der Waals surface area contributed by atoms with E-state index in [2.05, 4.69) is 5.32 Å². The molecule has 3 heteroatoms. The molecule has 102 valence electrons. The van der Waals surface area contributed by atoms with Crippen LogP contribution in [0.4, 0.5) is 10.1 Å². The lowest BCUT2D eigenvalue weighted by Gasteiger charge is -2.09. The first kappa shape index (κ1) is 12.9. The monoisotopic (exact) mass is 269 g/mol. The minimum absolute atomic E-state index is 0.187. The Morgan fingerprint density at radius 1 is 1.10 bits per heavy atom. The zero-order valence-corrected chi connectivity index (χ0v) is 11.4. The molecule has 2 aromatic carbocycles. The van der Waals surface area contributed by atoms with Gasteiger partial charge in [-0.25, -0.2) is 4.39 Å². The van der Waals surface area contributed by atoms with Gasteiger partial charge in [0.1, 0.15) is 5.82 Å². The van der Waals surface area contributed by atoms with Crippen LogP contribution in [0.5, 0.6) is 0 Å². The smallest absolute Gasteiger partial charge is 0.255 e. The number of benzene rings is 2. The Bertz CT molecular complexity index is 679. The third-order valence-corrected chi connectivity index (χ3v) is 3.81. The van der Waals surface area contributed by atoms with Crippen LogP contribution in [0.3, 0.4) is 0 Å². The van der Waals surface area contributed by atoms with Crippen LogP contribution in [0.15, 0.2) is 36.4 Å². The summed E-state index contributed by atoms with van der Waals surface area (Å²) in [5.41, 5.74) is 4.60. The maximum Gasteiger partial charge on any atom is 0.255 e. The highest BCUT2D eigenvalue weighted by Gasteiger charge is 2.14. The van der Waals surface area contributed by atoms with Crippen LogP contribution < -0.4 is 5.32 Å². The summed E-state index contributed by atoms with van der Waals surface area (Å²) in [4.78, 5) is 12.2. The Balaban J connectivity index is 1.84. The summed E-state index contributed by atoms with van der Waals surface area (Å²) in [6.45, 7) is 1.84. The topological polar surface area (TPSA) is 29.1 Å². The zero-order chi connectivity index (χ0) is 14.1. The molecule has 0 unspecified atom stereocenters. The van der Waals surface area contributed by atoms with Gasteiger partial charge in [0.05, 0.1) is 0 Å². The predicted octanol–water partition coefficient (Wildman–Crippen LogP) is 3.88. The van der Waals surface area contributed by atoms with E-state index >= 15 is 0 Å². The van der Waals surface area contributed by atoms with Crippen molar-refractivity contribution in [3.63, 3.8) is 0 Å². The first-order valence-corrected chi connectivity index (χ1v) is 6.83. The van der Waals surface area contributed by atoms with Gasteiger partial charge in [-0.3, -0.25) is 4.79 Å². The summed E-state index contributed by atoms with van der Waals surface area (Å²) >= 11 is 0. The number of amides is 1. The van der Waals surface area contributed by atoms with Gasteiger partial charge in [-0.05, 0) is 67.1 Å². The maximum atomic E-state index is 13.2. The van der Waals surface area contributed by atoms with Gasteiger partial charge in [-0.1, -0.05) is 12.1 Å². The highest BCUT2D eigenvalue weighted by molar-refractivity contribution is 6.04. The fourth-order valence-electron chi connectivity index (χ4n) is 2.64. The summed E-state index contributed by atoms with van der Waals surface area (Å²) in [6, 6.07) is 10.2. The van der Waals surface area contributed by atoms with E-state index in [0.29, 0.717) is 11.3 Å². The second-order valence-electron chi connectivity index (χ2n) is 5.25. The zero-order valence-electron chi connectivity index (χ0n) is 11.4. The second-order valence-corrected chi connectivity index (χ2v) is 5.25. The average Bonchev–Trinajstić information content (AvgIpc) is 2.90. The number of halogens is 1. The predicted molar refractivity (Wildman–Crippen MR) is 77.6 cm³/mol. The van der Waals surface area contributed by atoms with Crippen molar-refractivity contribution in [2.24, 2.45) is 0 Å². The molecule has 1 aliphatic carbocycles. The van der Waals surface area contributed by atoms with Crippen molar-refractivity contribution in [1.29, 1.82) is 0 Å². The molecule has 0 spiro atoms. The van der Waals surface area contributed by atoms with E-state index in [1.54, 1.807) is 6.07 Å². The molecule has 20 heavy (non-hydrogen) atoms. The van der Waals surface area contributed by atoms with Crippen LogP contribution in [-0.4, -0.2) is 5.91 Å². The van der Waals surface area contributed by atoms with E-state index in [4.69, 9.17) is 0 Å². The molecule has 2 nitrogen and oxygen atoms in total. The van der Waals surface area contributed by atoms with Gasteiger partial charge in [0.15, 0.2) is 0 Å². The van der Waals surface area contributed by atoms with Gasteiger partial charge in [-0.15, -0.1) is 0 Å². The first-order chi connectivity index (χ1) is 9.63. The van der Waals surface area contributed by atoms with E-state index in [9.17, 15) is 9.18 Å². The van der Waals surface area contributed by atoms with Crippen molar-refractivity contribution < 1.29 is 9.18 Å². The van der Waals surface area contributed by atoms with Crippen LogP contribution in [0.2, 0.25) is 0 Å². The van der Waals surface area contributed by atoms with E-state index in [-0.39, 0.29) is 11.7 Å². The number of anilines is 1. The van der Waals surface area contributed by atoms with E-state index < -0.39 is 0 Å². The third-order valence-electron chi connectivity index (χ3n) is 3.81. The minimum atomic E-state index is -0.347. The van der Waals surface area contributed by atoms with Crippen molar-refractivity contribution >= 4 is 11.6 Å². The molecule has 0 radical (unpaired) electrons. The van der Waals surface area contributed by atoms with Gasteiger partial charge >= 0.3 is 0 Å². The Morgan fingerprint density at radius 3 is 2.75 bits per heavy atom. The molecule has 0 saturated carbocycles. The number of nitrogens with one attached hydrogen (secondary N) is 1. The summed E-state index contributed by atoms with van der Waals surface area (Å²) in [5.74, 6) is -0.534. The number of hydrogen-bond donors (Lipinski definition) is 1. The molecule has 0 atom stereocenters. The molecule has 3 rings (SSSR count). The summed E-state index contributed by atoms with van der Waals surface area (Å²) < 4.78 is 13.2. The molecule has 0 saturated heterocycles. The molecule has 2 aromatic rings. The van der Waals surface area contributed by atoms with Gasteiger partial charge in [0, 0.05) is 11.3 Å². The summed E-state index contributed by atoms with van der Waals surface area (Å²) in [7, 11) is 0. The Morgan fingerprint density at radius 2 is 1.90 bits per heavy atom. The number of carbonyl (C=O) groups is 1. The van der Waals surface area contributed by atoms with Gasteiger partial charge in [0.2, 0.25) is 0 Å². The van der Waals surface area contributed by atoms with Gasteiger partial charge < -0.3 is 5.32 Å². The van der Waals surface area contributed by atoms with Crippen molar-refractivity contribution in [2.45, 2.75) is 26.2 Å². The Kier molecular flexibility index (Phi) is 3.26. The lowest BCUT2D eigenvalue weighted by atomic mass is 10.1. The van der Waals surface area contributed by atoms with E-state index in [1.807, 2.05) is 25.1 Å². The van der Waals surface area contributed by atoms with Crippen molar-refractivity contribution in [3.05, 3.63) is 64.5 Å². The molecule has 1 aliphatic rings. The standard InChI is InChI=1S/C17H16FNO/c1-11-5-8-15(18)10-16(11)19-17(20)14-7-6-12-3-2-4-13(12)9-14/h5-10H,2-4H2,1H3,(H,19,20). The van der Waals surface area contributed by atoms with E-state index in [1.165, 1.54) is 23.3 Å². The summed E-state index contributed by atoms with van der Waals surface area (Å²) in [5, 5.41) is 2.78. The van der Waals surface area contributed by atoms with Crippen molar-refractivity contribution in [3.8, 4) is 0 Å². The quantitative estimate of drug-likeness (QED) is 0.880. The van der Waals surface area contributed by atoms with Crippen LogP contribution in [0.25, 0.3) is 0 Å². The van der Waals surface area contributed by atoms with Gasteiger partial charge in [0.25, 0.3) is 5.91 Å². The lowest BCUT2D eigenvalue weighted by Crippen LogP contribution is -2.13. The van der Waals surface area contributed by atoms with Crippen molar-refractivity contribution in [2.75, 3.05) is 5.32 Å².